The molecule has 1 aromatic heterocycles. The van der Waals surface area contributed by atoms with Gasteiger partial charge in [0.15, 0.2) is 22.4 Å². The molecule has 0 fully saturated rings. The third kappa shape index (κ3) is 3.00. The van der Waals surface area contributed by atoms with E-state index in [0.29, 0.717) is 27.9 Å². The maximum Gasteiger partial charge on any atom is 0.311 e. The summed E-state index contributed by atoms with van der Waals surface area (Å²) in [5, 5.41) is 16.9. The number of anilines is 2. The van der Waals surface area contributed by atoms with Crippen molar-refractivity contribution in [2.45, 2.75) is 0 Å². The Morgan fingerprint density at radius 1 is 1.23 bits per heavy atom. The van der Waals surface area contributed by atoms with Gasteiger partial charge in [0.2, 0.25) is 6.79 Å². The van der Waals surface area contributed by atoms with Gasteiger partial charge in [0.1, 0.15) is 0 Å². The summed E-state index contributed by atoms with van der Waals surface area (Å²) in [5.41, 5.74) is 2.01. The van der Waals surface area contributed by atoms with E-state index in [9.17, 15) is 10.1 Å². The van der Waals surface area contributed by atoms with Gasteiger partial charge in [-0.1, -0.05) is 0 Å². The molecule has 0 unspecified atom stereocenters. The van der Waals surface area contributed by atoms with Crippen LogP contribution < -0.4 is 19.5 Å². The van der Waals surface area contributed by atoms with Crippen LogP contribution in [-0.4, -0.2) is 23.8 Å². The number of hydrogen-bond donors (Lipinski definition) is 1. The highest BCUT2D eigenvalue weighted by atomic mass is 32.1. The molecule has 0 spiro atoms. The van der Waals surface area contributed by atoms with Gasteiger partial charge in [-0.2, -0.15) is 0 Å². The van der Waals surface area contributed by atoms with Gasteiger partial charge in [-0.25, -0.2) is 4.98 Å². The molecule has 8 nitrogen and oxygen atoms in total. The van der Waals surface area contributed by atoms with Crippen LogP contribution in [0.2, 0.25) is 0 Å². The monoisotopic (exact) mass is 371 g/mol. The van der Waals surface area contributed by atoms with E-state index in [2.05, 4.69) is 10.3 Å². The molecule has 0 saturated heterocycles. The summed E-state index contributed by atoms with van der Waals surface area (Å²) in [6, 6.07) is 10.3. The summed E-state index contributed by atoms with van der Waals surface area (Å²) in [5.74, 6) is 1.60. The Morgan fingerprint density at radius 2 is 2.08 bits per heavy atom. The maximum absolute atomic E-state index is 11.2. The number of aromatic nitrogens is 1. The lowest BCUT2D eigenvalue weighted by Crippen LogP contribution is -1.94. The highest BCUT2D eigenvalue weighted by Crippen LogP contribution is 2.37. The molecule has 0 saturated carbocycles. The number of nitrogens with zero attached hydrogens (tertiary/aromatic N) is 2. The second-order valence-corrected chi connectivity index (χ2v) is 6.23. The zero-order chi connectivity index (χ0) is 18.1. The van der Waals surface area contributed by atoms with Crippen LogP contribution in [0.4, 0.5) is 16.5 Å². The smallest absolute Gasteiger partial charge is 0.311 e. The summed E-state index contributed by atoms with van der Waals surface area (Å²) >= 11 is 1.40. The van der Waals surface area contributed by atoms with E-state index < -0.39 is 4.92 Å². The Labute approximate surface area is 152 Å². The van der Waals surface area contributed by atoms with Crippen LogP contribution in [0.15, 0.2) is 41.8 Å². The molecule has 0 radical (unpaired) electrons. The first-order valence-corrected chi connectivity index (χ1v) is 8.47. The summed E-state index contributed by atoms with van der Waals surface area (Å²) in [6.45, 7) is 0.219. The lowest BCUT2D eigenvalue weighted by atomic mass is 10.1. The molecule has 0 amide bonds. The SMILES string of the molecule is COc1ccc(-c2csc(Nc3ccc4c(c3)OCO4)n2)cc1[N+](=O)[O-]. The van der Waals surface area contributed by atoms with Crippen LogP contribution in [0.25, 0.3) is 11.3 Å². The van der Waals surface area contributed by atoms with Gasteiger partial charge < -0.3 is 19.5 Å². The van der Waals surface area contributed by atoms with Crippen LogP contribution in [0.5, 0.6) is 17.2 Å². The van der Waals surface area contributed by atoms with E-state index >= 15 is 0 Å². The van der Waals surface area contributed by atoms with Gasteiger partial charge in [-0.15, -0.1) is 11.3 Å². The quantitative estimate of drug-likeness (QED) is 0.530. The van der Waals surface area contributed by atoms with Crippen molar-refractivity contribution in [1.82, 2.24) is 4.98 Å². The maximum atomic E-state index is 11.2. The number of methoxy groups -OCH3 is 1. The van der Waals surface area contributed by atoms with Crippen molar-refractivity contribution < 1.29 is 19.1 Å². The van der Waals surface area contributed by atoms with Crippen molar-refractivity contribution in [3.63, 3.8) is 0 Å². The molecule has 2 heterocycles. The normalized spacial score (nSPS) is 12.0. The topological polar surface area (TPSA) is 95.8 Å². The summed E-state index contributed by atoms with van der Waals surface area (Å²) < 4.78 is 15.7. The summed E-state index contributed by atoms with van der Waals surface area (Å²) in [6.07, 6.45) is 0. The molecule has 2 aromatic carbocycles. The van der Waals surface area contributed by atoms with Crippen LogP contribution in [0.1, 0.15) is 0 Å². The number of fused-ring (bicyclic) bond motifs is 1. The van der Waals surface area contributed by atoms with Crippen molar-refractivity contribution in [3.8, 4) is 28.5 Å². The van der Waals surface area contributed by atoms with Crippen molar-refractivity contribution in [3.05, 3.63) is 51.9 Å². The fraction of sp³-hybridized carbons (Fsp3) is 0.118. The Kier molecular flexibility index (Phi) is 4.05. The minimum absolute atomic E-state index is 0.0942. The molecular weight excluding hydrogens is 358 g/mol. The highest BCUT2D eigenvalue weighted by Gasteiger charge is 2.17. The number of nitro groups is 1. The van der Waals surface area contributed by atoms with Crippen molar-refractivity contribution >= 4 is 27.8 Å². The average Bonchev–Trinajstić information content (AvgIpc) is 3.30. The number of benzene rings is 2. The molecule has 26 heavy (non-hydrogen) atoms. The van der Waals surface area contributed by atoms with Gasteiger partial charge in [-0.05, 0) is 24.3 Å². The zero-order valence-corrected chi connectivity index (χ0v) is 14.4. The minimum atomic E-state index is -0.472. The first-order valence-electron chi connectivity index (χ1n) is 7.59. The first-order chi connectivity index (χ1) is 12.6. The van der Waals surface area contributed by atoms with E-state index in [1.807, 2.05) is 23.6 Å². The molecule has 132 valence electrons. The summed E-state index contributed by atoms with van der Waals surface area (Å²) in [7, 11) is 1.40. The third-order valence-corrected chi connectivity index (χ3v) is 4.56. The van der Waals surface area contributed by atoms with Gasteiger partial charge in [0.25, 0.3) is 0 Å². The molecule has 1 aliphatic heterocycles. The van der Waals surface area contributed by atoms with Crippen LogP contribution in [-0.2, 0) is 0 Å². The van der Waals surface area contributed by atoms with Crippen LogP contribution in [0.3, 0.4) is 0 Å². The molecule has 3 aromatic rings. The molecule has 1 N–H and O–H groups in total. The van der Waals surface area contributed by atoms with Crippen molar-refractivity contribution in [1.29, 1.82) is 0 Å². The zero-order valence-electron chi connectivity index (χ0n) is 13.6. The predicted molar refractivity (Wildman–Crippen MR) is 96.6 cm³/mol. The Bertz CT molecular complexity index is 988. The predicted octanol–water partition coefficient (Wildman–Crippen LogP) is 4.20. The average molecular weight is 371 g/mol. The third-order valence-electron chi connectivity index (χ3n) is 3.80. The van der Waals surface area contributed by atoms with Gasteiger partial charge in [-0.3, -0.25) is 10.1 Å². The largest absolute Gasteiger partial charge is 0.490 e. The second-order valence-electron chi connectivity index (χ2n) is 5.37. The van der Waals surface area contributed by atoms with Gasteiger partial charge in [0.05, 0.1) is 17.7 Å². The lowest BCUT2D eigenvalue weighted by Gasteiger charge is -2.04. The Hall–Kier alpha value is -3.33. The van der Waals surface area contributed by atoms with Gasteiger partial charge in [0, 0.05) is 28.8 Å². The number of nitro benzene ring substituents is 1. The fourth-order valence-corrected chi connectivity index (χ4v) is 3.29. The molecule has 4 rings (SSSR count). The lowest BCUT2D eigenvalue weighted by molar-refractivity contribution is -0.385. The van der Waals surface area contributed by atoms with Crippen molar-refractivity contribution in [2.24, 2.45) is 0 Å². The van der Waals surface area contributed by atoms with Crippen LogP contribution >= 0.6 is 11.3 Å². The Morgan fingerprint density at radius 3 is 2.88 bits per heavy atom. The number of hydrogen-bond acceptors (Lipinski definition) is 8. The van der Waals surface area contributed by atoms with E-state index in [1.165, 1.54) is 24.5 Å². The van der Waals surface area contributed by atoms with E-state index in [-0.39, 0.29) is 18.2 Å². The second kappa shape index (κ2) is 6.52. The molecule has 0 aliphatic carbocycles. The number of rotatable bonds is 5. The minimum Gasteiger partial charge on any atom is -0.490 e. The van der Waals surface area contributed by atoms with E-state index in [0.717, 1.165) is 5.69 Å². The number of ether oxygens (including phenoxy) is 3. The number of nitrogens with one attached hydrogen (secondary N) is 1. The van der Waals surface area contributed by atoms with Crippen LogP contribution in [0, 0.1) is 10.1 Å². The molecule has 0 bridgehead atoms. The highest BCUT2D eigenvalue weighted by molar-refractivity contribution is 7.14. The molecule has 9 heteroatoms. The molecule has 1 aliphatic rings. The van der Waals surface area contributed by atoms with E-state index in [4.69, 9.17) is 14.2 Å². The first kappa shape index (κ1) is 16.2. The van der Waals surface area contributed by atoms with Gasteiger partial charge >= 0.3 is 5.69 Å². The number of thiazole rings is 1. The van der Waals surface area contributed by atoms with Crippen molar-refractivity contribution in [2.75, 3.05) is 19.2 Å². The summed E-state index contributed by atoms with van der Waals surface area (Å²) in [4.78, 5) is 15.2. The Balaban J connectivity index is 1.58. The molecule has 0 atom stereocenters. The molecular formula is C17H13N3O5S. The standard InChI is InChI=1S/C17H13N3O5S/c1-23-14-4-2-10(6-13(14)20(21)22)12-8-26-17(19-12)18-11-3-5-15-16(7-11)25-9-24-15/h2-8H,9H2,1H3,(H,18,19). The fourth-order valence-electron chi connectivity index (χ4n) is 2.55. The van der Waals surface area contributed by atoms with E-state index in [1.54, 1.807) is 12.1 Å².